The maximum atomic E-state index is 6.31. The van der Waals surface area contributed by atoms with Crippen molar-refractivity contribution in [2.24, 2.45) is 0 Å². The zero-order valence-electron chi connectivity index (χ0n) is 14.4. The van der Waals surface area contributed by atoms with Gasteiger partial charge in [0.05, 0.1) is 17.3 Å². The molecule has 0 saturated heterocycles. The number of benzene rings is 3. The second-order valence-electron chi connectivity index (χ2n) is 5.94. The van der Waals surface area contributed by atoms with E-state index < -0.39 is 5.54 Å². The van der Waals surface area contributed by atoms with E-state index in [0.717, 1.165) is 16.8 Å². The van der Waals surface area contributed by atoms with Crippen molar-refractivity contribution in [3.8, 4) is 0 Å². The Balaban J connectivity index is 2.02. The molecule has 0 aliphatic carbocycles. The summed E-state index contributed by atoms with van der Waals surface area (Å²) in [6, 6.07) is 25.7. The van der Waals surface area contributed by atoms with Crippen molar-refractivity contribution in [1.29, 1.82) is 0 Å². The third kappa shape index (κ3) is 4.02. The fourth-order valence-corrected chi connectivity index (χ4v) is 3.40. The van der Waals surface area contributed by atoms with E-state index in [4.69, 9.17) is 27.9 Å². The van der Waals surface area contributed by atoms with E-state index in [1.54, 1.807) is 19.2 Å². The number of hydrogen-bond donors (Lipinski definition) is 2. The van der Waals surface area contributed by atoms with Gasteiger partial charge in [0.15, 0.2) is 0 Å². The summed E-state index contributed by atoms with van der Waals surface area (Å²) in [6.07, 6.45) is 0. The summed E-state index contributed by atoms with van der Waals surface area (Å²) in [7, 11) is 1.69. The van der Waals surface area contributed by atoms with E-state index in [1.165, 1.54) is 0 Å². The lowest BCUT2D eigenvalue weighted by Gasteiger charge is -2.36. The molecule has 134 valence electrons. The topological polar surface area (TPSA) is 33.3 Å². The van der Waals surface area contributed by atoms with Crippen LogP contribution in [0, 0.1) is 0 Å². The molecular weight excluding hydrogens is 367 g/mol. The minimum atomic E-state index is -0.597. The Kier molecular flexibility index (Phi) is 6.17. The molecule has 0 amide bonds. The highest BCUT2D eigenvalue weighted by atomic mass is 35.5. The van der Waals surface area contributed by atoms with Crippen molar-refractivity contribution in [2.75, 3.05) is 19.1 Å². The number of ether oxygens (including phenoxy) is 1. The van der Waals surface area contributed by atoms with Crippen LogP contribution in [0.25, 0.3) is 0 Å². The van der Waals surface area contributed by atoms with E-state index in [2.05, 4.69) is 35.1 Å². The molecule has 3 nitrogen and oxygen atoms in total. The van der Waals surface area contributed by atoms with Gasteiger partial charge in [-0.3, -0.25) is 0 Å². The molecule has 0 atom stereocenters. The van der Waals surface area contributed by atoms with E-state index in [0.29, 0.717) is 16.7 Å². The summed E-state index contributed by atoms with van der Waals surface area (Å²) in [6.45, 7) is 0.430. The number of hydrazine groups is 1. The van der Waals surface area contributed by atoms with Crippen LogP contribution in [-0.2, 0) is 10.3 Å². The first-order valence-electron chi connectivity index (χ1n) is 8.24. The Morgan fingerprint density at radius 3 is 1.92 bits per heavy atom. The van der Waals surface area contributed by atoms with E-state index in [1.807, 2.05) is 42.5 Å². The molecule has 3 rings (SSSR count). The molecule has 2 N–H and O–H groups in total. The minimum absolute atomic E-state index is 0.430. The third-order valence-electron chi connectivity index (χ3n) is 4.24. The van der Waals surface area contributed by atoms with E-state index >= 15 is 0 Å². The standard InChI is InChI=1S/C21H20Cl2N2O/c1-26-15-21(16-8-4-2-5-9-16,17-10-6-3-7-11-17)25-24-20-13-12-18(22)14-19(20)23/h2-14,24-25H,15H2,1H3. The van der Waals surface area contributed by atoms with Crippen molar-refractivity contribution in [3.63, 3.8) is 0 Å². The van der Waals surface area contributed by atoms with Gasteiger partial charge in [0.25, 0.3) is 0 Å². The van der Waals surface area contributed by atoms with Crippen molar-refractivity contribution in [1.82, 2.24) is 5.43 Å². The molecule has 0 bridgehead atoms. The average molecular weight is 387 g/mol. The van der Waals surface area contributed by atoms with Gasteiger partial charge in [-0.2, -0.15) is 0 Å². The summed E-state index contributed by atoms with van der Waals surface area (Å²) >= 11 is 12.3. The largest absolute Gasteiger partial charge is 0.382 e. The fraction of sp³-hybridized carbons (Fsp3) is 0.143. The summed E-state index contributed by atoms with van der Waals surface area (Å²) in [5.74, 6) is 0. The van der Waals surface area contributed by atoms with Gasteiger partial charge in [-0.1, -0.05) is 83.9 Å². The number of methoxy groups -OCH3 is 1. The van der Waals surface area contributed by atoms with Gasteiger partial charge in [-0.25, -0.2) is 5.43 Å². The van der Waals surface area contributed by atoms with E-state index in [-0.39, 0.29) is 0 Å². The highest BCUT2D eigenvalue weighted by Crippen LogP contribution is 2.31. The molecule has 0 aliphatic rings. The molecular formula is C21H20Cl2N2O. The van der Waals surface area contributed by atoms with E-state index in [9.17, 15) is 0 Å². The maximum Gasteiger partial charge on any atom is 0.110 e. The lowest BCUT2D eigenvalue weighted by Crippen LogP contribution is -2.50. The van der Waals surface area contributed by atoms with Gasteiger partial charge in [0.1, 0.15) is 5.54 Å². The lowest BCUT2D eigenvalue weighted by molar-refractivity contribution is 0.134. The summed E-state index contributed by atoms with van der Waals surface area (Å²) < 4.78 is 5.60. The highest BCUT2D eigenvalue weighted by Gasteiger charge is 2.34. The van der Waals surface area contributed by atoms with Crippen LogP contribution < -0.4 is 10.9 Å². The van der Waals surface area contributed by atoms with Gasteiger partial charge in [0, 0.05) is 12.1 Å². The van der Waals surface area contributed by atoms with Crippen LogP contribution in [0.3, 0.4) is 0 Å². The first kappa shape index (κ1) is 18.7. The first-order valence-corrected chi connectivity index (χ1v) is 8.99. The second-order valence-corrected chi connectivity index (χ2v) is 6.79. The molecule has 0 unspecified atom stereocenters. The summed E-state index contributed by atoms with van der Waals surface area (Å²) in [5.41, 5.74) is 8.97. The van der Waals surface area contributed by atoms with Crippen LogP contribution in [0.2, 0.25) is 10.0 Å². The van der Waals surface area contributed by atoms with Crippen molar-refractivity contribution in [2.45, 2.75) is 5.54 Å². The van der Waals surface area contributed by atoms with Gasteiger partial charge >= 0.3 is 0 Å². The number of nitrogens with one attached hydrogen (secondary N) is 2. The predicted octanol–water partition coefficient (Wildman–Crippen LogP) is 5.50. The SMILES string of the molecule is COCC(NNc1ccc(Cl)cc1Cl)(c1ccccc1)c1ccccc1. The number of halogens is 2. The molecule has 3 aromatic carbocycles. The molecule has 0 radical (unpaired) electrons. The normalized spacial score (nSPS) is 11.3. The van der Waals surface area contributed by atoms with Crippen molar-refractivity contribution >= 4 is 28.9 Å². The minimum Gasteiger partial charge on any atom is -0.382 e. The lowest BCUT2D eigenvalue weighted by atomic mass is 9.84. The number of hydrogen-bond acceptors (Lipinski definition) is 3. The highest BCUT2D eigenvalue weighted by molar-refractivity contribution is 6.36. The smallest absolute Gasteiger partial charge is 0.110 e. The molecule has 26 heavy (non-hydrogen) atoms. The quantitative estimate of drug-likeness (QED) is 0.525. The zero-order valence-corrected chi connectivity index (χ0v) is 15.9. The number of rotatable bonds is 7. The van der Waals surface area contributed by atoms with Crippen LogP contribution in [0.1, 0.15) is 11.1 Å². The zero-order chi connectivity index (χ0) is 18.4. The van der Waals surface area contributed by atoms with Crippen LogP contribution in [-0.4, -0.2) is 13.7 Å². The van der Waals surface area contributed by atoms with Gasteiger partial charge in [-0.05, 0) is 29.3 Å². The average Bonchev–Trinajstić information content (AvgIpc) is 2.68. The molecule has 0 spiro atoms. The van der Waals surface area contributed by atoms with Crippen molar-refractivity contribution in [3.05, 3.63) is 100 Å². The Hall–Kier alpha value is -2.04. The Morgan fingerprint density at radius 2 is 1.42 bits per heavy atom. The van der Waals surface area contributed by atoms with Crippen LogP contribution in [0.15, 0.2) is 78.9 Å². The van der Waals surface area contributed by atoms with Gasteiger partial charge in [0.2, 0.25) is 0 Å². The number of anilines is 1. The molecule has 5 heteroatoms. The fourth-order valence-electron chi connectivity index (χ4n) is 2.94. The Morgan fingerprint density at radius 1 is 0.846 bits per heavy atom. The molecule has 0 aliphatic heterocycles. The predicted molar refractivity (Wildman–Crippen MR) is 109 cm³/mol. The molecule has 0 heterocycles. The van der Waals surface area contributed by atoms with Gasteiger partial charge < -0.3 is 10.2 Å². The van der Waals surface area contributed by atoms with Crippen molar-refractivity contribution < 1.29 is 4.74 Å². The monoisotopic (exact) mass is 386 g/mol. The summed E-state index contributed by atoms with van der Waals surface area (Å²) in [4.78, 5) is 0. The molecule has 0 aromatic heterocycles. The van der Waals surface area contributed by atoms with Crippen LogP contribution >= 0.6 is 23.2 Å². The molecule has 3 aromatic rings. The maximum absolute atomic E-state index is 6.31. The van der Waals surface area contributed by atoms with Gasteiger partial charge in [-0.15, -0.1) is 0 Å². The Bertz CT molecular complexity index is 802. The molecule has 0 fully saturated rings. The van der Waals surface area contributed by atoms with Crippen LogP contribution in [0.5, 0.6) is 0 Å². The second kappa shape index (κ2) is 8.56. The Labute approximate surface area is 163 Å². The molecule has 0 saturated carbocycles. The first-order chi connectivity index (χ1) is 12.7. The van der Waals surface area contributed by atoms with Crippen LogP contribution in [0.4, 0.5) is 5.69 Å². The third-order valence-corrected chi connectivity index (χ3v) is 4.78. The summed E-state index contributed by atoms with van der Waals surface area (Å²) in [5, 5.41) is 1.13.